The Labute approximate surface area is 346 Å². The molecule has 274 valence electrons. The van der Waals surface area contributed by atoms with Crippen LogP contribution in [-0.2, 0) is 17.6 Å². The van der Waals surface area contributed by atoms with Gasteiger partial charge in [0.15, 0.2) is 0 Å². The van der Waals surface area contributed by atoms with Crippen LogP contribution < -0.4 is 36.0 Å². The fourth-order valence-electron chi connectivity index (χ4n) is 8.57. The molecule has 0 radical (unpaired) electrons. The number of hydrogen-bond acceptors (Lipinski definition) is 4. The van der Waals surface area contributed by atoms with Crippen LogP contribution in [0, 0.1) is 0 Å². The molecule has 57 heavy (non-hydrogen) atoms. The molecular formula is C51H37BN4Pt. The SMILES string of the molecule is [2H]C([2H])([2H])N1[C]2=[Pt]=[C]3N(c4ccccc4)c4ccccc4N3c3cccc(c3)B(c3c(-c4ccccc4)cccc3-c3ccccc3)c3cccc(c3)N2c2ccccc21. The Morgan fingerprint density at radius 3 is 1.37 bits per heavy atom. The molecular weight excluding hydrogens is 874 g/mol. The summed E-state index contributed by atoms with van der Waals surface area (Å²) >= 11 is -1.24. The fourth-order valence-corrected chi connectivity index (χ4v) is 12.0. The monoisotopic (exact) mass is 914 g/mol. The van der Waals surface area contributed by atoms with Crippen LogP contribution in [0.4, 0.5) is 39.8 Å². The van der Waals surface area contributed by atoms with E-state index in [-0.39, 0.29) is 6.71 Å². The van der Waals surface area contributed by atoms with Gasteiger partial charge >= 0.3 is 348 Å². The summed E-state index contributed by atoms with van der Waals surface area (Å²) in [5.74, 6) is 0. The first-order valence-corrected chi connectivity index (χ1v) is 21.4. The third-order valence-electron chi connectivity index (χ3n) is 11.1. The summed E-state index contributed by atoms with van der Waals surface area (Å²) in [6.07, 6.45) is 0. The van der Waals surface area contributed by atoms with E-state index >= 15 is 0 Å². The van der Waals surface area contributed by atoms with E-state index in [0.717, 1.165) is 75.6 Å². The van der Waals surface area contributed by atoms with Crippen LogP contribution in [0.25, 0.3) is 22.3 Å². The maximum absolute atomic E-state index is 9.07. The summed E-state index contributed by atoms with van der Waals surface area (Å²) in [5, 5.41) is 0. The van der Waals surface area contributed by atoms with Crippen LogP contribution in [0.15, 0.2) is 206 Å². The number of nitrogens with zero attached hydrogens (tertiary/aromatic N) is 4. The van der Waals surface area contributed by atoms with Gasteiger partial charge in [-0.2, -0.15) is 0 Å². The molecule has 0 unspecified atom stereocenters. The minimum atomic E-state index is -2.44. The van der Waals surface area contributed by atoms with E-state index in [1.807, 2.05) is 24.3 Å². The normalized spacial score (nSPS) is 15.2. The fraction of sp³-hybridized carbons (Fsp3) is 0.0196. The van der Waals surface area contributed by atoms with E-state index in [1.165, 1.54) is 5.46 Å². The molecule has 11 rings (SSSR count). The molecule has 0 aliphatic carbocycles. The molecule has 0 aromatic heterocycles. The molecule has 0 N–H and O–H groups in total. The third-order valence-corrected chi connectivity index (χ3v) is 14.1. The Morgan fingerprint density at radius 2 is 0.825 bits per heavy atom. The minimum absolute atomic E-state index is 0.211. The Bertz CT molecular complexity index is 2950. The second-order valence-electron chi connectivity index (χ2n) is 14.3. The van der Waals surface area contributed by atoms with Gasteiger partial charge in [0.1, 0.15) is 0 Å². The molecule has 0 atom stereocenters. The number of anilines is 7. The van der Waals surface area contributed by atoms with Crippen molar-refractivity contribution < 1.29 is 21.8 Å². The van der Waals surface area contributed by atoms with Crippen LogP contribution in [0.2, 0.25) is 0 Å². The zero-order chi connectivity index (χ0) is 40.4. The van der Waals surface area contributed by atoms with E-state index < -0.39 is 24.6 Å². The number of benzene rings is 8. The first-order valence-electron chi connectivity index (χ1n) is 20.6. The summed E-state index contributed by atoms with van der Waals surface area (Å²) in [5.41, 5.74) is 14.7. The number of hydrogen-bond donors (Lipinski definition) is 0. The molecule has 0 fully saturated rings. The molecule has 8 aromatic rings. The summed E-state index contributed by atoms with van der Waals surface area (Å²) in [7, 11) is 0. The summed E-state index contributed by atoms with van der Waals surface area (Å²) in [4.78, 5) is 8.59. The Kier molecular flexibility index (Phi) is 7.46. The van der Waals surface area contributed by atoms with E-state index in [1.54, 1.807) is 4.90 Å². The number of fused-ring (bicyclic) bond motifs is 12. The average Bonchev–Trinajstić information content (AvgIpc) is 3.80. The van der Waals surface area contributed by atoms with Gasteiger partial charge in [-0.3, -0.25) is 0 Å². The van der Waals surface area contributed by atoms with Crippen molar-refractivity contribution in [2.45, 2.75) is 0 Å². The van der Waals surface area contributed by atoms with Gasteiger partial charge in [0.2, 0.25) is 0 Å². The number of rotatable bonds is 4. The molecule has 4 nitrogen and oxygen atoms in total. The van der Waals surface area contributed by atoms with Gasteiger partial charge in [-0.05, 0) is 0 Å². The molecule has 0 saturated heterocycles. The second-order valence-corrected chi connectivity index (χ2v) is 16.9. The van der Waals surface area contributed by atoms with Crippen molar-refractivity contribution in [3.63, 3.8) is 0 Å². The van der Waals surface area contributed by atoms with Gasteiger partial charge in [-0.15, -0.1) is 0 Å². The number of para-hydroxylation sites is 5. The van der Waals surface area contributed by atoms with Crippen molar-refractivity contribution in [1.82, 2.24) is 0 Å². The van der Waals surface area contributed by atoms with Gasteiger partial charge < -0.3 is 0 Å². The van der Waals surface area contributed by atoms with E-state index in [2.05, 4.69) is 197 Å². The van der Waals surface area contributed by atoms with Crippen molar-refractivity contribution in [2.75, 3.05) is 26.6 Å². The zero-order valence-electron chi connectivity index (χ0n) is 33.8. The predicted octanol–water partition coefficient (Wildman–Crippen LogP) is 9.69. The predicted molar refractivity (Wildman–Crippen MR) is 239 cm³/mol. The van der Waals surface area contributed by atoms with E-state index in [9.17, 15) is 0 Å². The second kappa shape index (κ2) is 13.9. The van der Waals surface area contributed by atoms with Gasteiger partial charge in [0, 0.05) is 0 Å². The van der Waals surface area contributed by atoms with Crippen molar-refractivity contribution >= 4 is 71.2 Å². The van der Waals surface area contributed by atoms with Crippen LogP contribution in [0.3, 0.4) is 0 Å². The first kappa shape index (κ1) is 30.6. The van der Waals surface area contributed by atoms with Crippen molar-refractivity contribution in [3.05, 3.63) is 206 Å². The molecule has 3 heterocycles. The van der Waals surface area contributed by atoms with Gasteiger partial charge in [-0.25, -0.2) is 0 Å². The van der Waals surface area contributed by atoms with E-state index in [4.69, 9.17) is 4.11 Å². The van der Waals surface area contributed by atoms with E-state index in [0.29, 0.717) is 5.69 Å². The topological polar surface area (TPSA) is 13.0 Å². The van der Waals surface area contributed by atoms with Gasteiger partial charge in [0.25, 0.3) is 0 Å². The summed E-state index contributed by atoms with van der Waals surface area (Å²) in [6.45, 7) is -2.65. The maximum atomic E-state index is 9.07. The average molecular weight is 915 g/mol. The molecule has 4 bridgehead atoms. The van der Waals surface area contributed by atoms with Crippen LogP contribution in [-0.4, -0.2) is 22.0 Å². The third kappa shape index (κ3) is 5.57. The Hall–Kier alpha value is -6.55. The zero-order valence-corrected chi connectivity index (χ0v) is 33.1. The molecule has 8 aromatic carbocycles. The summed E-state index contributed by atoms with van der Waals surface area (Å²) in [6, 6.07) is 72.8. The standard InChI is InChI=1S/C51H37BN4.Pt/c1-53-36-54(48-31-12-11-30-47(48)53)43-26-15-22-40(34-43)52(51-45(38-18-5-2-6-19-38)28-17-29-46(51)39-20-7-3-8-21-39)41-23-16-27-44(35-41)56-37-55(42-24-9-4-10-25-42)49-32-13-14-33-50(49)56;/h2-35H,1H3;/i1D3;. The van der Waals surface area contributed by atoms with Crippen LogP contribution >= 0.6 is 0 Å². The molecule has 0 spiro atoms. The van der Waals surface area contributed by atoms with Gasteiger partial charge in [-0.1, -0.05) is 0 Å². The van der Waals surface area contributed by atoms with Crippen LogP contribution in [0.1, 0.15) is 4.11 Å². The quantitative estimate of drug-likeness (QED) is 0.163. The molecule has 3 aliphatic rings. The Morgan fingerprint density at radius 1 is 0.404 bits per heavy atom. The van der Waals surface area contributed by atoms with Crippen molar-refractivity contribution in [3.8, 4) is 22.3 Å². The van der Waals surface area contributed by atoms with Crippen molar-refractivity contribution in [1.29, 1.82) is 0 Å². The molecule has 3 aliphatic heterocycles. The van der Waals surface area contributed by atoms with Gasteiger partial charge in [0.05, 0.1) is 0 Å². The Balaban J connectivity index is 1.28. The first-order chi connectivity index (χ1) is 29.4. The molecule has 0 saturated carbocycles. The van der Waals surface area contributed by atoms with Crippen LogP contribution in [0.5, 0.6) is 0 Å². The molecule has 6 heteroatoms. The molecule has 0 amide bonds. The summed E-state index contributed by atoms with van der Waals surface area (Å²) < 4.78 is 29.0. The van der Waals surface area contributed by atoms with Crippen molar-refractivity contribution in [2.24, 2.45) is 0 Å².